The van der Waals surface area contributed by atoms with Crippen LogP contribution in [0.5, 0.6) is 11.8 Å². The largest absolute Gasteiger partial charge is 0.426 e. The van der Waals surface area contributed by atoms with E-state index in [0.717, 1.165) is 11.6 Å². The quantitative estimate of drug-likeness (QED) is 0.699. The van der Waals surface area contributed by atoms with E-state index in [0.29, 0.717) is 11.2 Å². The van der Waals surface area contributed by atoms with Gasteiger partial charge in [0.05, 0.1) is 16.6 Å². The molecule has 0 saturated carbocycles. The van der Waals surface area contributed by atoms with E-state index in [1.54, 1.807) is 24.3 Å². The molecule has 0 amide bonds. The molecule has 0 aliphatic carbocycles. The number of aromatic amines is 1. The highest BCUT2D eigenvalue weighted by molar-refractivity contribution is 5.79. The van der Waals surface area contributed by atoms with Crippen LogP contribution in [0, 0.1) is 17.1 Å². The number of imidazole rings is 1. The molecule has 0 aliphatic heterocycles. The van der Waals surface area contributed by atoms with Crippen molar-refractivity contribution in [2.45, 2.75) is 0 Å². The van der Waals surface area contributed by atoms with Gasteiger partial charge in [-0.05, 0) is 30.3 Å². The Bertz CT molecular complexity index is 835. The zero-order valence-corrected chi connectivity index (χ0v) is 10.2. The van der Waals surface area contributed by atoms with E-state index in [1.807, 2.05) is 0 Å². The van der Waals surface area contributed by atoms with Crippen LogP contribution in [-0.4, -0.2) is 9.97 Å². The molecule has 3 rings (SSSR count). The molecule has 0 saturated heterocycles. The Morgan fingerprint density at radius 1 is 1.25 bits per heavy atom. The van der Waals surface area contributed by atoms with Crippen LogP contribution in [0.2, 0.25) is 0 Å². The number of H-pyrrole nitrogens is 1. The highest BCUT2D eigenvalue weighted by Gasteiger charge is 2.08. The van der Waals surface area contributed by atoms with Gasteiger partial charge < -0.3 is 15.5 Å². The number of nitrogens with two attached hydrogens (primary N) is 1. The molecule has 1 aromatic heterocycles. The third kappa shape index (κ3) is 2.12. The molecule has 0 fully saturated rings. The Hall–Kier alpha value is -3.07. The molecule has 3 N–H and O–H groups in total. The van der Waals surface area contributed by atoms with Gasteiger partial charge in [0.25, 0.3) is 6.01 Å². The minimum atomic E-state index is -0.634. The minimum absolute atomic E-state index is 0.0327. The Morgan fingerprint density at radius 2 is 2.10 bits per heavy atom. The summed E-state index contributed by atoms with van der Waals surface area (Å²) < 4.78 is 18.9. The summed E-state index contributed by atoms with van der Waals surface area (Å²) in [6.07, 6.45) is 0. The Kier molecular flexibility index (Phi) is 2.73. The van der Waals surface area contributed by atoms with Crippen molar-refractivity contribution >= 4 is 16.7 Å². The lowest BCUT2D eigenvalue weighted by Gasteiger charge is -2.01. The number of hydrogen-bond donors (Lipinski definition) is 2. The predicted octanol–water partition coefficient (Wildman–Crippen LogP) is 2.95. The van der Waals surface area contributed by atoms with Gasteiger partial charge in [0, 0.05) is 11.8 Å². The molecule has 0 aliphatic rings. The highest BCUT2D eigenvalue weighted by atomic mass is 19.1. The summed E-state index contributed by atoms with van der Waals surface area (Å²) in [5, 5.41) is 8.66. The van der Waals surface area contributed by atoms with Crippen molar-refractivity contribution in [3.05, 3.63) is 47.8 Å². The fourth-order valence-electron chi connectivity index (χ4n) is 1.81. The van der Waals surface area contributed by atoms with Crippen LogP contribution in [0.25, 0.3) is 11.0 Å². The smallest absolute Gasteiger partial charge is 0.300 e. The van der Waals surface area contributed by atoms with E-state index in [2.05, 4.69) is 9.97 Å². The number of anilines is 1. The van der Waals surface area contributed by atoms with Gasteiger partial charge in [0.2, 0.25) is 0 Å². The molecule has 1 heterocycles. The predicted molar refractivity (Wildman–Crippen MR) is 71.7 cm³/mol. The second-order valence-corrected chi connectivity index (χ2v) is 4.17. The number of nitrogen functional groups attached to an aromatic ring is 1. The normalized spacial score (nSPS) is 10.4. The first-order valence-electron chi connectivity index (χ1n) is 5.78. The van der Waals surface area contributed by atoms with Gasteiger partial charge >= 0.3 is 0 Å². The lowest BCUT2D eigenvalue weighted by atomic mass is 10.2. The lowest BCUT2D eigenvalue weighted by molar-refractivity contribution is 0.445. The van der Waals surface area contributed by atoms with Crippen LogP contribution < -0.4 is 10.5 Å². The third-order valence-corrected chi connectivity index (χ3v) is 2.76. The number of fused-ring (bicyclic) bond motifs is 1. The van der Waals surface area contributed by atoms with Gasteiger partial charge in [0.1, 0.15) is 17.6 Å². The molecule has 0 atom stereocenters. The molecule has 2 aromatic carbocycles. The van der Waals surface area contributed by atoms with Crippen molar-refractivity contribution in [2.24, 2.45) is 0 Å². The van der Waals surface area contributed by atoms with E-state index in [9.17, 15) is 4.39 Å². The molecule has 6 heteroatoms. The first-order valence-corrected chi connectivity index (χ1v) is 5.78. The molecule has 0 unspecified atom stereocenters. The Morgan fingerprint density at radius 3 is 2.85 bits per heavy atom. The number of nitriles is 1. The average Bonchev–Trinajstić information content (AvgIpc) is 2.80. The van der Waals surface area contributed by atoms with Crippen LogP contribution in [0.4, 0.5) is 10.1 Å². The summed E-state index contributed by atoms with van der Waals surface area (Å²) in [5.41, 5.74) is 7.67. The standard InChI is InChI=1S/C14H9FN4O/c15-11-6-10(3-1-8(11)7-16)20-14-18-12-4-2-9(17)5-13(12)19-14/h1-6H,17H2,(H,18,19). The van der Waals surface area contributed by atoms with Gasteiger partial charge in [-0.2, -0.15) is 10.2 Å². The van der Waals surface area contributed by atoms with Gasteiger partial charge in [-0.3, -0.25) is 0 Å². The van der Waals surface area contributed by atoms with Crippen molar-refractivity contribution in [3.8, 4) is 17.8 Å². The van der Waals surface area contributed by atoms with E-state index >= 15 is 0 Å². The zero-order chi connectivity index (χ0) is 14.1. The van der Waals surface area contributed by atoms with Gasteiger partial charge in [-0.25, -0.2) is 4.39 Å². The maximum absolute atomic E-state index is 13.5. The van der Waals surface area contributed by atoms with Crippen LogP contribution >= 0.6 is 0 Å². The molecular weight excluding hydrogens is 259 g/mol. The summed E-state index contributed by atoms with van der Waals surface area (Å²) in [6, 6.07) is 11.2. The summed E-state index contributed by atoms with van der Waals surface area (Å²) in [5.74, 6) is -0.376. The molecule has 3 aromatic rings. The van der Waals surface area contributed by atoms with E-state index in [1.165, 1.54) is 12.1 Å². The number of halogens is 1. The minimum Gasteiger partial charge on any atom is -0.426 e. The molecule has 5 nitrogen and oxygen atoms in total. The number of hydrogen-bond acceptors (Lipinski definition) is 4. The molecule has 0 bridgehead atoms. The summed E-state index contributed by atoms with van der Waals surface area (Å²) >= 11 is 0. The van der Waals surface area contributed by atoms with Crippen molar-refractivity contribution in [1.82, 2.24) is 9.97 Å². The fraction of sp³-hybridized carbons (Fsp3) is 0. The maximum atomic E-state index is 13.5. The Labute approximate surface area is 113 Å². The first-order chi connectivity index (χ1) is 9.65. The molecular formula is C14H9FN4O. The first kappa shape index (κ1) is 12.0. The summed E-state index contributed by atoms with van der Waals surface area (Å²) in [4.78, 5) is 7.13. The van der Waals surface area contributed by atoms with Crippen LogP contribution in [0.3, 0.4) is 0 Å². The summed E-state index contributed by atoms with van der Waals surface area (Å²) in [6.45, 7) is 0. The maximum Gasteiger partial charge on any atom is 0.300 e. The van der Waals surface area contributed by atoms with E-state index < -0.39 is 5.82 Å². The SMILES string of the molecule is N#Cc1ccc(Oc2nc3ccc(N)cc3[nH]2)cc1F. The molecule has 20 heavy (non-hydrogen) atoms. The molecule has 0 spiro atoms. The number of nitrogens with one attached hydrogen (secondary N) is 1. The molecule has 0 radical (unpaired) electrons. The van der Waals surface area contributed by atoms with Gasteiger partial charge in [-0.15, -0.1) is 0 Å². The van der Waals surface area contributed by atoms with E-state index in [-0.39, 0.29) is 17.3 Å². The van der Waals surface area contributed by atoms with Crippen LogP contribution in [0.15, 0.2) is 36.4 Å². The van der Waals surface area contributed by atoms with Crippen molar-refractivity contribution < 1.29 is 9.13 Å². The highest BCUT2D eigenvalue weighted by Crippen LogP contribution is 2.24. The number of ether oxygens (including phenoxy) is 1. The molecule has 98 valence electrons. The van der Waals surface area contributed by atoms with Crippen molar-refractivity contribution in [1.29, 1.82) is 5.26 Å². The monoisotopic (exact) mass is 268 g/mol. The lowest BCUT2D eigenvalue weighted by Crippen LogP contribution is -1.89. The van der Waals surface area contributed by atoms with Gasteiger partial charge in [-0.1, -0.05) is 0 Å². The van der Waals surface area contributed by atoms with E-state index in [4.69, 9.17) is 15.7 Å². The van der Waals surface area contributed by atoms with Crippen LogP contribution in [-0.2, 0) is 0 Å². The fourth-order valence-corrected chi connectivity index (χ4v) is 1.81. The number of nitrogens with zero attached hydrogens (tertiary/aromatic N) is 2. The number of benzene rings is 2. The Balaban J connectivity index is 1.93. The number of aromatic nitrogens is 2. The van der Waals surface area contributed by atoms with Crippen LogP contribution in [0.1, 0.15) is 5.56 Å². The summed E-state index contributed by atoms with van der Waals surface area (Å²) in [7, 11) is 0. The van der Waals surface area contributed by atoms with Crippen molar-refractivity contribution in [3.63, 3.8) is 0 Å². The second-order valence-electron chi connectivity index (χ2n) is 4.17. The second kappa shape index (κ2) is 4.55. The number of rotatable bonds is 2. The zero-order valence-electron chi connectivity index (χ0n) is 10.2. The average molecular weight is 268 g/mol. The topological polar surface area (TPSA) is 87.7 Å². The van der Waals surface area contributed by atoms with Gasteiger partial charge in [0.15, 0.2) is 0 Å². The third-order valence-electron chi connectivity index (χ3n) is 2.76. The van der Waals surface area contributed by atoms with Crippen molar-refractivity contribution in [2.75, 3.05) is 5.73 Å².